The largest absolute Gasteiger partial charge is 0.461 e. The van der Waals surface area contributed by atoms with Gasteiger partial charge in [0.25, 0.3) is 5.91 Å². The average Bonchev–Trinajstić information content (AvgIpc) is 3.07. The molecule has 0 saturated heterocycles. The number of rotatable bonds is 3. The number of nitrogens with zero attached hydrogens (tertiary/aromatic N) is 4. The van der Waals surface area contributed by atoms with Gasteiger partial charge < -0.3 is 15.5 Å². The summed E-state index contributed by atoms with van der Waals surface area (Å²) in [6.45, 7) is 3.75. The summed E-state index contributed by atoms with van der Waals surface area (Å²) in [5.74, 6) is 0.712. The molecule has 0 aliphatic rings. The van der Waals surface area contributed by atoms with Crippen LogP contribution in [0.15, 0.2) is 29.0 Å². The molecule has 0 fully saturated rings. The third kappa shape index (κ3) is 2.31. The minimum Gasteiger partial charge on any atom is -0.461 e. The van der Waals surface area contributed by atoms with Gasteiger partial charge in [0.15, 0.2) is 11.4 Å². The minimum absolute atomic E-state index is 0.00238. The highest BCUT2D eigenvalue weighted by molar-refractivity contribution is 6.00. The summed E-state index contributed by atoms with van der Waals surface area (Å²) in [6, 6.07) is 3.46. The molecule has 0 bridgehead atoms. The summed E-state index contributed by atoms with van der Waals surface area (Å²) in [4.78, 5) is 20.5. The smallest absolute Gasteiger partial charge is 0.256 e. The van der Waals surface area contributed by atoms with Gasteiger partial charge in [-0.3, -0.25) is 4.79 Å². The van der Waals surface area contributed by atoms with Gasteiger partial charge >= 0.3 is 0 Å². The van der Waals surface area contributed by atoms with E-state index in [1.165, 1.54) is 17.0 Å². The van der Waals surface area contributed by atoms with Crippen LogP contribution in [0.5, 0.6) is 0 Å². The second-order valence-electron chi connectivity index (χ2n) is 4.81. The van der Waals surface area contributed by atoms with Gasteiger partial charge in [-0.25, -0.2) is 9.97 Å². The van der Waals surface area contributed by atoms with Crippen molar-refractivity contribution in [1.29, 1.82) is 0 Å². The fourth-order valence-corrected chi connectivity index (χ4v) is 1.90. The zero-order valence-electron chi connectivity index (χ0n) is 11.6. The molecule has 8 heteroatoms. The number of carbonyl (C=O) groups is 1. The number of nitrogen functional groups attached to an aromatic ring is 1. The molecule has 0 spiro atoms. The highest BCUT2D eigenvalue weighted by atomic mass is 16.3. The number of nitrogens with one attached hydrogen (secondary N) is 1. The van der Waals surface area contributed by atoms with E-state index in [1.807, 2.05) is 13.8 Å². The summed E-state index contributed by atoms with van der Waals surface area (Å²) in [5, 5.41) is 7.01. The maximum atomic E-state index is 12.2. The highest BCUT2D eigenvalue weighted by Gasteiger charge is 2.19. The van der Waals surface area contributed by atoms with Crippen LogP contribution in [0.25, 0.3) is 17.2 Å². The van der Waals surface area contributed by atoms with Gasteiger partial charge in [-0.15, -0.1) is 5.10 Å². The van der Waals surface area contributed by atoms with Gasteiger partial charge in [0.2, 0.25) is 11.8 Å². The van der Waals surface area contributed by atoms with Crippen molar-refractivity contribution in [1.82, 2.24) is 24.9 Å². The van der Waals surface area contributed by atoms with Crippen molar-refractivity contribution in [2.75, 3.05) is 5.73 Å². The predicted molar refractivity (Wildman–Crippen MR) is 75.5 cm³/mol. The second kappa shape index (κ2) is 4.89. The van der Waals surface area contributed by atoms with Gasteiger partial charge in [-0.1, -0.05) is 0 Å². The lowest BCUT2D eigenvalue weighted by molar-refractivity contribution is 0.0944. The number of hydrogen-bond acceptors (Lipinski definition) is 6. The third-order valence-corrected chi connectivity index (χ3v) is 2.80. The number of furan rings is 1. The lowest BCUT2D eigenvalue weighted by Crippen LogP contribution is -2.30. The van der Waals surface area contributed by atoms with Crippen LogP contribution in [0.2, 0.25) is 0 Å². The number of fused-ring (bicyclic) bond motifs is 1. The van der Waals surface area contributed by atoms with Crippen molar-refractivity contribution in [3.8, 4) is 11.6 Å². The molecule has 3 aromatic rings. The van der Waals surface area contributed by atoms with Gasteiger partial charge in [0.05, 0.1) is 6.26 Å². The summed E-state index contributed by atoms with van der Waals surface area (Å²) < 4.78 is 6.58. The molecule has 0 radical (unpaired) electrons. The van der Waals surface area contributed by atoms with Gasteiger partial charge in [-0.2, -0.15) is 4.52 Å². The Kier molecular flexibility index (Phi) is 3.05. The Morgan fingerprint density at radius 2 is 2.29 bits per heavy atom. The monoisotopic (exact) mass is 286 g/mol. The van der Waals surface area contributed by atoms with E-state index >= 15 is 0 Å². The first-order chi connectivity index (χ1) is 10.1. The fourth-order valence-electron chi connectivity index (χ4n) is 1.90. The second-order valence-corrected chi connectivity index (χ2v) is 4.81. The molecule has 3 N–H and O–H groups in total. The SMILES string of the molecule is CC(C)NC(=O)c1cnc(N)n2nc(-c3ccco3)nc12. The molecule has 8 nitrogen and oxygen atoms in total. The molecule has 3 rings (SSSR count). The van der Waals surface area contributed by atoms with Crippen LogP contribution in [0.3, 0.4) is 0 Å². The van der Waals surface area contributed by atoms with E-state index in [0.29, 0.717) is 22.8 Å². The van der Waals surface area contributed by atoms with Crippen molar-refractivity contribution in [3.05, 3.63) is 30.2 Å². The Morgan fingerprint density at radius 3 is 2.95 bits per heavy atom. The van der Waals surface area contributed by atoms with E-state index in [1.54, 1.807) is 12.1 Å². The average molecular weight is 286 g/mol. The van der Waals surface area contributed by atoms with Crippen molar-refractivity contribution in [2.45, 2.75) is 19.9 Å². The number of nitrogens with two attached hydrogens (primary N) is 1. The van der Waals surface area contributed by atoms with Gasteiger partial charge in [0, 0.05) is 12.2 Å². The van der Waals surface area contributed by atoms with Crippen LogP contribution in [-0.2, 0) is 0 Å². The van der Waals surface area contributed by atoms with Gasteiger partial charge in [-0.05, 0) is 26.0 Å². The predicted octanol–water partition coefficient (Wildman–Crippen LogP) is 1.10. The zero-order chi connectivity index (χ0) is 15.0. The number of hydrogen-bond donors (Lipinski definition) is 2. The number of aromatic nitrogens is 4. The molecule has 0 atom stereocenters. The third-order valence-electron chi connectivity index (χ3n) is 2.80. The molecule has 1 amide bonds. The molecule has 3 heterocycles. The van der Waals surface area contributed by atoms with Gasteiger partial charge in [0.1, 0.15) is 5.56 Å². The van der Waals surface area contributed by atoms with Crippen molar-refractivity contribution < 1.29 is 9.21 Å². The summed E-state index contributed by atoms with van der Waals surface area (Å²) >= 11 is 0. The van der Waals surface area contributed by atoms with Crippen LogP contribution in [-0.4, -0.2) is 31.5 Å². The summed E-state index contributed by atoms with van der Waals surface area (Å²) in [7, 11) is 0. The topological polar surface area (TPSA) is 111 Å². The van der Waals surface area contributed by atoms with Crippen LogP contribution in [0, 0.1) is 0 Å². The van der Waals surface area contributed by atoms with E-state index in [9.17, 15) is 4.79 Å². The summed E-state index contributed by atoms with van der Waals surface area (Å²) in [5.41, 5.74) is 6.43. The molecule has 0 unspecified atom stereocenters. The Morgan fingerprint density at radius 1 is 1.48 bits per heavy atom. The fraction of sp³-hybridized carbons (Fsp3) is 0.231. The molecule has 0 aliphatic heterocycles. The first-order valence-electron chi connectivity index (χ1n) is 6.42. The Hall–Kier alpha value is -2.90. The normalized spacial score (nSPS) is 11.2. The maximum absolute atomic E-state index is 12.2. The number of anilines is 1. The van der Waals surface area contributed by atoms with E-state index < -0.39 is 0 Å². The lowest BCUT2D eigenvalue weighted by atomic mass is 10.2. The van der Waals surface area contributed by atoms with Crippen LogP contribution < -0.4 is 11.1 Å². The molecular formula is C13H14N6O2. The van der Waals surface area contributed by atoms with Crippen molar-refractivity contribution >= 4 is 17.5 Å². The zero-order valence-corrected chi connectivity index (χ0v) is 11.6. The Balaban J connectivity index is 2.14. The maximum Gasteiger partial charge on any atom is 0.256 e. The van der Waals surface area contributed by atoms with Crippen LogP contribution in [0.4, 0.5) is 5.95 Å². The van der Waals surface area contributed by atoms with E-state index in [-0.39, 0.29) is 17.9 Å². The first-order valence-corrected chi connectivity index (χ1v) is 6.42. The van der Waals surface area contributed by atoms with E-state index in [4.69, 9.17) is 10.2 Å². The number of amides is 1. The summed E-state index contributed by atoms with van der Waals surface area (Å²) in [6.07, 6.45) is 2.91. The Bertz CT molecular complexity index is 790. The number of carbonyl (C=O) groups excluding carboxylic acids is 1. The molecule has 108 valence electrons. The van der Waals surface area contributed by atoms with Crippen LogP contribution >= 0.6 is 0 Å². The minimum atomic E-state index is -0.277. The lowest BCUT2D eigenvalue weighted by Gasteiger charge is -2.08. The Labute approximate surface area is 120 Å². The molecule has 0 saturated carbocycles. The molecule has 0 aliphatic carbocycles. The van der Waals surface area contributed by atoms with E-state index in [2.05, 4.69) is 20.4 Å². The molecule has 0 aromatic carbocycles. The first kappa shape index (κ1) is 13.1. The quantitative estimate of drug-likeness (QED) is 0.746. The van der Waals surface area contributed by atoms with Crippen molar-refractivity contribution in [2.24, 2.45) is 0 Å². The molecular weight excluding hydrogens is 272 g/mol. The molecule has 3 aromatic heterocycles. The standard InChI is InChI=1S/C13H14N6O2/c1-7(2)16-12(20)8-6-15-13(14)19-11(8)17-10(18-19)9-4-3-5-21-9/h3-7H,1-2H3,(H2,14,15)(H,16,20). The van der Waals surface area contributed by atoms with Crippen LogP contribution in [0.1, 0.15) is 24.2 Å². The highest BCUT2D eigenvalue weighted by Crippen LogP contribution is 2.19. The van der Waals surface area contributed by atoms with Crippen molar-refractivity contribution in [3.63, 3.8) is 0 Å². The van der Waals surface area contributed by atoms with E-state index in [0.717, 1.165) is 0 Å². The molecule has 21 heavy (non-hydrogen) atoms.